The van der Waals surface area contributed by atoms with E-state index in [1.54, 1.807) is 28.9 Å². The van der Waals surface area contributed by atoms with Crippen LogP contribution in [0.5, 0.6) is 0 Å². The molecule has 0 radical (unpaired) electrons. The Balaban J connectivity index is 1.38. The molecule has 0 unspecified atom stereocenters. The zero-order valence-corrected chi connectivity index (χ0v) is 16.4. The molecule has 0 aliphatic carbocycles. The minimum atomic E-state index is -0.217. The van der Waals surface area contributed by atoms with E-state index in [0.29, 0.717) is 35.0 Å². The van der Waals surface area contributed by atoms with Crippen LogP contribution in [0.15, 0.2) is 47.6 Å². The van der Waals surface area contributed by atoms with Gasteiger partial charge in [0.1, 0.15) is 0 Å². The Morgan fingerprint density at radius 1 is 1.00 bits per heavy atom. The average Bonchev–Trinajstić information content (AvgIpc) is 3.23. The molecular formula is C20H19N5O2S. The number of amides is 2. The number of benzene rings is 2. The Hall–Kier alpha value is -3.00. The van der Waals surface area contributed by atoms with E-state index in [1.165, 1.54) is 22.2 Å². The van der Waals surface area contributed by atoms with Gasteiger partial charge in [0.2, 0.25) is 5.16 Å². The van der Waals surface area contributed by atoms with Crippen LogP contribution in [0.1, 0.15) is 38.3 Å². The smallest absolute Gasteiger partial charge is 0.261 e. The second kappa shape index (κ2) is 7.55. The van der Waals surface area contributed by atoms with Crippen molar-refractivity contribution in [2.75, 3.05) is 12.3 Å². The maximum atomic E-state index is 12.4. The molecule has 2 heterocycles. The predicted octanol–water partition coefficient (Wildman–Crippen LogP) is 3.06. The van der Waals surface area contributed by atoms with Crippen LogP contribution in [0.2, 0.25) is 0 Å². The van der Waals surface area contributed by atoms with E-state index in [2.05, 4.69) is 21.6 Å². The van der Waals surface area contributed by atoms with Gasteiger partial charge in [-0.3, -0.25) is 14.5 Å². The van der Waals surface area contributed by atoms with Gasteiger partial charge in [0.15, 0.2) is 0 Å². The summed E-state index contributed by atoms with van der Waals surface area (Å²) in [5.74, 6) is 0.259. The minimum Gasteiger partial charge on any atom is -0.274 e. The van der Waals surface area contributed by atoms with Crippen molar-refractivity contribution < 1.29 is 9.59 Å². The normalized spacial score (nSPS) is 13.3. The van der Waals surface area contributed by atoms with Crippen molar-refractivity contribution in [3.05, 3.63) is 64.7 Å². The second-order valence-electron chi connectivity index (χ2n) is 6.67. The number of thioether (sulfide) groups is 1. The lowest BCUT2D eigenvalue weighted by Gasteiger charge is -2.13. The maximum Gasteiger partial charge on any atom is 0.261 e. The molecule has 0 N–H and O–H groups in total. The molecule has 1 aliphatic rings. The zero-order valence-electron chi connectivity index (χ0n) is 15.6. The SMILES string of the molecule is Cc1ccc(-n2nnnc2SCCCN2C(=O)c3ccccc3C2=O)c(C)c1. The Morgan fingerprint density at radius 3 is 2.39 bits per heavy atom. The van der Waals surface area contributed by atoms with Gasteiger partial charge in [-0.25, -0.2) is 0 Å². The second-order valence-corrected chi connectivity index (χ2v) is 7.73. The third-order valence-corrected chi connectivity index (χ3v) is 5.66. The first-order valence-corrected chi connectivity index (χ1v) is 9.99. The first-order valence-electron chi connectivity index (χ1n) is 9.00. The lowest BCUT2D eigenvalue weighted by molar-refractivity contribution is 0.0655. The maximum absolute atomic E-state index is 12.4. The van der Waals surface area contributed by atoms with Crippen LogP contribution in [0.3, 0.4) is 0 Å². The number of nitrogens with zero attached hydrogens (tertiary/aromatic N) is 5. The lowest BCUT2D eigenvalue weighted by atomic mass is 10.1. The van der Waals surface area contributed by atoms with Crippen LogP contribution >= 0.6 is 11.8 Å². The van der Waals surface area contributed by atoms with Gasteiger partial charge in [-0.2, -0.15) is 4.68 Å². The molecule has 0 saturated heterocycles. The quantitative estimate of drug-likeness (QED) is 0.364. The largest absolute Gasteiger partial charge is 0.274 e. The van der Waals surface area contributed by atoms with E-state index >= 15 is 0 Å². The molecule has 0 bridgehead atoms. The van der Waals surface area contributed by atoms with Crippen LogP contribution < -0.4 is 0 Å². The number of hydrogen-bond donors (Lipinski definition) is 0. The zero-order chi connectivity index (χ0) is 19.7. The number of imide groups is 1. The number of carbonyl (C=O) groups is 2. The van der Waals surface area contributed by atoms with E-state index < -0.39 is 0 Å². The summed E-state index contributed by atoms with van der Waals surface area (Å²) in [5.41, 5.74) is 4.20. The van der Waals surface area contributed by atoms with Crippen molar-refractivity contribution in [3.8, 4) is 5.69 Å². The van der Waals surface area contributed by atoms with Crippen molar-refractivity contribution in [3.63, 3.8) is 0 Å². The summed E-state index contributed by atoms with van der Waals surface area (Å²) in [6.45, 7) is 4.45. The van der Waals surface area contributed by atoms with Gasteiger partial charge in [0.05, 0.1) is 16.8 Å². The van der Waals surface area contributed by atoms with Crippen LogP contribution in [0, 0.1) is 13.8 Å². The van der Waals surface area contributed by atoms with Gasteiger partial charge in [0.25, 0.3) is 11.8 Å². The molecule has 1 aliphatic heterocycles. The topological polar surface area (TPSA) is 81.0 Å². The van der Waals surface area contributed by atoms with Crippen molar-refractivity contribution in [2.24, 2.45) is 0 Å². The number of tetrazole rings is 1. The highest BCUT2D eigenvalue weighted by atomic mass is 32.2. The van der Waals surface area contributed by atoms with E-state index in [1.807, 2.05) is 26.0 Å². The molecule has 1 aromatic heterocycles. The van der Waals surface area contributed by atoms with Gasteiger partial charge < -0.3 is 0 Å². The molecule has 0 atom stereocenters. The van der Waals surface area contributed by atoms with Gasteiger partial charge in [-0.05, 0) is 54.5 Å². The molecule has 7 nitrogen and oxygen atoms in total. The van der Waals surface area contributed by atoms with Gasteiger partial charge >= 0.3 is 0 Å². The highest BCUT2D eigenvalue weighted by molar-refractivity contribution is 7.99. The van der Waals surface area contributed by atoms with Crippen LogP contribution in [-0.2, 0) is 0 Å². The lowest BCUT2D eigenvalue weighted by Crippen LogP contribution is -2.31. The van der Waals surface area contributed by atoms with E-state index in [9.17, 15) is 9.59 Å². The van der Waals surface area contributed by atoms with E-state index in [4.69, 9.17) is 0 Å². The molecule has 2 amide bonds. The number of aromatic nitrogens is 4. The van der Waals surface area contributed by atoms with Gasteiger partial charge in [-0.1, -0.05) is 41.6 Å². The van der Waals surface area contributed by atoms with Crippen LogP contribution in [-0.4, -0.2) is 49.2 Å². The minimum absolute atomic E-state index is 0.217. The predicted molar refractivity (Wildman–Crippen MR) is 106 cm³/mol. The average molecular weight is 393 g/mol. The van der Waals surface area contributed by atoms with Crippen molar-refractivity contribution in [1.29, 1.82) is 0 Å². The molecule has 8 heteroatoms. The number of fused-ring (bicyclic) bond motifs is 1. The standard InChI is InChI=1S/C20H19N5O2S/c1-13-8-9-17(14(2)12-13)25-20(21-22-23-25)28-11-5-10-24-18(26)15-6-3-4-7-16(15)19(24)27/h3-4,6-9,12H,5,10-11H2,1-2H3. The van der Waals surface area contributed by atoms with Crippen LogP contribution in [0.25, 0.3) is 5.69 Å². The molecule has 2 aromatic carbocycles. The van der Waals surface area contributed by atoms with Crippen LogP contribution in [0.4, 0.5) is 0 Å². The summed E-state index contributed by atoms with van der Waals surface area (Å²) in [6.07, 6.45) is 0.663. The number of aryl methyl sites for hydroxylation is 2. The first-order chi connectivity index (χ1) is 13.6. The number of hydrogen-bond acceptors (Lipinski definition) is 6. The first kappa shape index (κ1) is 18.4. The number of carbonyl (C=O) groups excluding carboxylic acids is 2. The molecule has 0 saturated carbocycles. The summed E-state index contributed by atoms with van der Waals surface area (Å²) < 4.78 is 1.72. The molecule has 28 heavy (non-hydrogen) atoms. The Morgan fingerprint density at radius 2 is 1.71 bits per heavy atom. The Bertz CT molecular complexity index is 1030. The third-order valence-electron chi connectivity index (χ3n) is 4.66. The fourth-order valence-electron chi connectivity index (χ4n) is 3.29. The fourth-order valence-corrected chi connectivity index (χ4v) is 4.10. The summed E-state index contributed by atoms with van der Waals surface area (Å²) >= 11 is 1.51. The van der Waals surface area contributed by atoms with Crippen molar-refractivity contribution in [2.45, 2.75) is 25.4 Å². The molecule has 0 spiro atoms. The monoisotopic (exact) mass is 393 g/mol. The summed E-state index contributed by atoms with van der Waals surface area (Å²) in [6, 6.07) is 13.1. The molecule has 3 aromatic rings. The van der Waals surface area contributed by atoms with Gasteiger partial charge in [-0.15, -0.1) is 5.10 Å². The third kappa shape index (κ3) is 3.31. The molecule has 142 valence electrons. The summed E-state index contributed by atoms with van der Waals surface area (Å²) in [4.78, 5) is 26.1. The van der Waals surface area contributed by atoms with Crippen molar-refractivity contribution >= 4 is 23.6 Å². The van der Waals surface area contributed by atoms with E-state index in [0.717, 1.165) is 11.3 Å². The van der Waals surface area contributed by atoms with E-state index in [-0.39, 0.29) is 11.8 Å². The summed E-state index contributed by atoms with van der Waals surface area (Å²) in [5, 5.41) is 12.7. The number of rotatable bonds is 6. The Labute approximate surface area is 166 Å². The molecule has 4 rings (SSSR count). The Kier molecular flexibility index (Phi) is 4.95. The molecular weight excluding hydrogens is 374 g/mol. The fraction of sp³-hybridized carbons (Fsp3) is 0.250. The van der Waals surface area contributed by atoms with Crippen molar-refractivity contribution in [1.82, 2.24) is 25.1 Å². The van der Waals surface area contributed by atoms with Gasteiger partial charge in [0, 0.05) is 12.3 Å². The summed E-state index contributed by atoms with van der Waals surface area (Å²) in [7, 11) is 0. The highest BCUT2D eigenvalue weighted by Crippen LogP contribution is 2.24. The molecule has 0 fully saturated rings. The highest BCUT2D eigenvalue weighted by Gasteiger charge is 2.34.